The molecule has 1 atom stereocenters. The first kappa shape index (κ1) is 19.2. The van der Waals surface area contributed by atoms with Gasteiger partial charge >= 0.3 is 0 Å². The van der Waals surface area contributed by atoms with E-state index in [0.717, 1.165) is 25.7 Å². The van der Waals surface area contributed by atoms with E-state index >= 15 is 0 Å². The average Bonchev–Trinajstić information content (AvgIpc) is 2.86. The average molecular weight is 391 g/mol. The highest BCUT2D eigenvalue weighted by Gasteiger charge is 2.42. The highest BCUT2D eigenvalue weighted by molar-refractivity contribution is 6.18. The number of carbonyl (C=O) groups excluding carboxylic acids is 3. The Bertz CT molecular complexity index is 870. The van der Waals surface area contributed by atoms with Gasteiger partial charge in [-0.2, -0.15) is 0 Å². The van der Waals surface area contributed by atoms with Gasteiger partial charge in [0.25, 0.3) is 0 Å². The van der Waals surface area contributed by atoms with Gasteiger partial charge in [0.15, 0.2) is 0 Å². The number of nitrogens with one attached hydrogen (secondary N) is 3. The van der Waals surface area contributed by atoms with Crippen LogP contribution in [0.1, 0.15) is 43.6 Å². The minimum absolute atomic E-state index is 0.0940. The lowest BCUT2D eigenvalue weighted by Gasteiger charge is -2.28. The van der Waals surface area contributed by atoms with Crippen molar-refractivity contribution in [3.05, 3.63) is 60.2 Å². The van der Waals surface area contributed by atoms with E-state index in [4.69, 9.17) is 0 Å². The zero-order valence-electron chi connectivity index (χ0n) is 16.2. The van der Waals surface area contributed by atoms with E-state index in [1.807, 2.05) is 18.2 Å². The third-order valence-electron chi connectivity index (χ3n) is 5.73. The number of carbonyl (C=O) groups is 3. The van der Waals surface area contributed by atoms with Crippen LogP contribution in [0.2, 0.25) is 0 Å². The maximum absolute atomic E-state index is 13.3. The van der Waals surface area contributed by atoms with Gasteiger partial charge in [-0.1, -0.05) is 61.7 Å². The number of rotatable bonds is 4. The van der Waals surface area contributed by atoms with Gasteiger partial charge in [0.05, 0.1) is 17.3 Å². The minimum atomic E-state index is -1.16. The Labute approximate surface area is 170 Å². The Morgan fingerprint density at radius 2 is 1.38 bits per heavy atom. The lowest BCUT2D eigenvalue weighted by atomic mass is 9.83. The first-order valence-corrected chi connectivity index (χ1v) is 10.2. The molecular weight excluding hydrogens is 366 g/mol. The summed E-state index contributed by atoms with van der Waals surface area (Å²) < 4.78 is 0. The van der Waals surface area contributed by atoms with Crippen molar-refractivity contribution in [2.75, 3.05) is 10.6 Å². The van der Waals surface area contributed by atoms with Crippen LogP contribution in [0.25, 0.3) is 0 Å². The molecule has 0 spiro atoms. The fourth-order valence-electron chi connectivity index (χ4n) is 4.24. The predicted octanol–water partition coefficient (Wildman–Crippen LogP) is 3.43. The maximum atomic E-state index is 13.3. The second-order valence-corrected chi connectivity index (χ2v) is 7.73. The molecule has 1 heterocycles. The third-order valence-corrected chi connectivity index (χ3v) is 5.73. The Kier molecular flexibility index (Phi) is 5.60. The molecular formula is C23H25N3O3. The molecule has 4 rings (SSSR count). The highest BCUT2D eigenvalue weighted by Crippen LogP contribution is 2.33. The van der Waals surface area contributed by atoms with Gasteiger partial charge < -0.3 is 16.0 Å². The van der Waals surface area contributed by atoms with Crippen LogP contribution >= 0.6 is 0 Å². The summed E-state index contributed by atoms with van der Waals surface area (Å²) in [6, 6.07) is 16.2. The number of para-hydroxylation sites is 2. The van der Waals surface area contributed by atoms with Crippen molar-refractivity contribution in [2.45, 2.75) is 44.1 Å². The second-order valence-electron chi connectivity index (χ2n) is 7.73. The number of anilines is 2. The summed E-state index contributed by atoms with van der Waals surface area (Å²) in [6.07, 6.45) is 5.21. The first-order valence-electron chi connectivity index (χ1n) is 10.2. The van der Waals surface area contributed by atoms with E-state index in [2.05, 4.69) is 16.0 Å². The van der Waals surface area contributed by atoms with E-state index in [9.17, 15) is 14.4 Å². The van der Waals surface area contributed by atoms with E-state index in [0.29, 0.717) is 16.9 Å². The molecule has 29 heavy (non-hydrogen) atoms. The molecule has 150 valence electrons. The quantitative estimate of drug-likeness (QED) is 0.698. The molecule has 2 aromatic carbocycles. The van der Waals surface area contributed by atoms with E-state index in [1.165, 1.54) is 6.42 Å². The molecule has 2 aromatic rings. The molecule has 3 N–H and O–H groups in total. The monoisotopic (exact) mass is 391 g/mol. The van der Waals surface area contributed by atoms with Crippen LogP contribution in [0.5, 0.6) is 0 Å². The van der Waals surface area contributed by atoms with Crippen LogP contribution in [-0.2, 0) is 14.4 Å². The molecule has 0 radical (unpaired) electrons. The van der Waals surface area contributed by atoms with Crippen LogP contribution < -0.4 is 16.0 Å². The number of hydrogen-bond donors (Lipinski definition) is 3. The number of hydrogen-bond acceptors (Lipinski definition) is 3. The molecule has 1 unspecified atom stereocenters. The van der Waals surface area contributed by atoms with Crippen molar-refractivity contribution in [2.24, 2.45) is 5.92 Å². The lowest BCUT2D eigenvalue weighted by molar-refractivity contribution is -0.136. The predicted molar refractivity (Wildman–Crippen MR) is 111 cm³/mol. The van der Waals surface area contributed by atoms with Gasteiger partial charge in [-0.3, -0.25) is 14.4 Å². The summed E-state index contributed by atoms with van der Waals surface area (Å²) in [5, 5.41) is 8.72. The van der Waals surface area contributed by atoms with Crippen molar-refractivity contribution >= 4 is 29.1 Å². The molecule has 2 aliphatic rings. The number of benzene rings is 2. The third kappa shape index (κ3) is 4.16. The molecule has 0 bridgehead atoms. The molecule has 1 aliphatic carbocycles. The molecule has 0 aromatic heterocycles. The Morgan fingerprint density at radius 1 is 0.828 bits per heavy atom. The zero-order valence-corrected chi connectivity index (χ0v) is 16.2. The Hall–Kier alpha value is -3.15. The fourth-order valence-corrected chi connectivity index (χ4v) is 4.24. The molecule has 1 saturated carbocycles. The van der Waals surface area contributed by atoms with Crippen LogP contribution in [0.15, 0.2) is 54.6 Å². The summed E-state index contributed by atoms with van der Waals surface area (Å²) in [5.74, 6) is -3.27. The van der Waals surface area contributed by atoms with Gasteiger partial charge in [-0.05, 0) is 30.5 Å². The van der Waals surface area contributed by atoms with Crippen molar-refractivity contribution in [1.82, 2.24) is 5.32 Å². The van der Waals surface area contributed by atoms with Crippen molar-refractivity contribution in [1.29, 1.82) is 0 Å². The SMILES string of the molecule is O=C1Nc2ccccc2NC(=O)C1C(C(=O)NC1CCCCC1)c1ccccc1. The topological polar surface area (TPSA) is 87.3 Å². The van der Waals surface area contributed by atoms with Crippen LogP contribution in [0.4, 0.5) is 11.4 Å². The van der Waals surface area contributed by atoms with Gasteiger partial charge in [-0.25, -0.2) is 0 Å². The summed E-state index contributed by atoms with van der Waals surface area (Å²) in [7, 11) is 0. The van der Waals surface area contributed by atoms with Gasteiger partial charge in [-0.15, -0.1) is 0 Å². The summed E-state index contributed by atoms with van der Waals surface area (Å²) in [4.78, 5) is 39.4. The molecule has 3 amide bonds. The zero-order chi connectivity index (χ0) is 20.2. The van der Waals surface area contributed by atoms with Crippen molar-refractivity contribution < 1.29 is 14.4 Å². The van der Waals surface area contributed by atoms with Gasteiger partial charge in [0.1, 0.15) is 5.92 Å². The lowest BCUT2D eigenvalue weighted by Crippen LogP contribution is -2.46. The number of fused-ring (bicyclic) bond motifs is 1. The normalized spacial score (nSPS) is 18.8. The standard InChI is InChI=1S/C23H25N3O3/c27-21(24-16-11-5-2-6-12-16)19(15-9-3-1-4-10-15)20-22(28)25-17-13-7-8-14-18(17)26-23(20)29/h1,3-4,7-10,13-14,16,19-20H,2,5-6,11-12H2,(H,24,27)(H,25,28)(H,26,29). The molecule has 6 heteroatoms. The first-order chi connectivity index (χ1) is 14.1. The van der Waals surface area contributed by atoms with E-state index < -0.39 is 23.7 Å². The van der Waals surface area contributed by atoms with Crippen LogP contribution in [0.3, 0.4) is 0 Å². The minimum Gasteiger partial charge on any atom is -0.353 e. The summed E-state index contributed by atoms with van der Waals surface area (Å²) >= 11 is 0. The van der Waals surface area contributed by atoms with E-state index in [1.54, 1.807) is 36.4 Å². The maximum Gasteiger partial charge on any atom is 0.238 e. The van der Waals surface area contributed by atoms with E-state index in [-0.39, 0.29) is 11.9 Å². The Balaban J connectivity index is 1.66. The summed E-state index contributed by atoms with van der Waals surface area (Å²) in [5.41, 5.74) is 1.72. The molecule has 0 saturated heterocycles. The fraction of sp³-hybridized carbons (Fsp3) is 0.348. The molecule has 1 aliphatic heterocycles. The van der Waals surface area contributed by atoms with Crippen molar-refractivity contribution in [3.63, 3.8) is 0 Å². The molecule has 1 fully saturated rings. The smallest absolute Gasteiger partial charge is 0.238 e. The largest absolute Gasteiger partial charge is 0.353 e. The second kappa shape index (κ2) is 8.47. The summed E-state index contributed by atoms with van der Waals surface area (Å²) in [6.45, 7) is 0. The van der Waals surface area contributed by atoms with Crippen molar-refractivity contribution in [3.8, 4) is 0 Å². The van der Waals surface area contributed by atoms with Gasteiger partial charge in [0.2, 0.25) is 17.7 Å². The van der Waals surface area contributed by atoms with Crippen LogP contribution in [-0.4, -0.2) is 23.8 Å². The highest BCUT2D eigenvalue weighted by atomic mass is 16.2. The van der Waals surface area contributed by atoms with Crippen LogP contribution in [0, 0.1) is 5.92 Å². The number of amides is 3. The Morgan fingerprint density at radius 3 is 1.97 bits per heavy atom. The molecule has 6 nitrogen and oxygen atoms in total. The van der Waals surface area contributed by atoms with Gasteiger partial charge in [0, 0.05) is 6.04 Å².